The van der Waals surface area contributed by atoms with E-state index in [0.29, 0.717) is 6.54 Å². The molecule has 0 atom stereocenters. The van der Waals surface area contributed by atoms with Gasteiger partial charge < -0.3 is 5.32 Å². The van der Waals surface area contributed by atoms with Crippen LogP contribution in [0, 0.1) is 0 Å². The molecule has 0 amide bonds. The van der Waals surface area contributed by atoms with Crippen LogP contribution in [0.2, 0.25) is 0 Å². The molecule has 0 bridgehead atoms. The van der Waals surface area contributed by atoms with Gasteiger partial charge in [0, 0.05) is 22.5 Å². The number of nitrogens with zero attached hydrogens (tertiary/aromatic N) is 1. The van der Waals surface area contributed by atoms with Crippen molar-refractivity contribution in [3.63, 3.8) is 0 Å². The van der Waals surface area contributed by atoms with Crippen LogP contribution in [0.15, 0.2) is 95.1 Å². The summed E-state index contributed by atoms with van der Waals surface area (Å²) in [5, 5.41) is 5.37. The number of rotatable bonds is 6. The molecule has 5 nitrogen and oxygen atoms in total. The Labute approximate surface area is 177 Å². The van der Waals surface area contributed by atoms with Crippen LogP contribution in [0.3, 0.4) is 0 Å². The Bertz CT molecular complexity index is 1020. The van der Waals surface area contributed by atoms with E-state index in [0.717, 1.165) is 15.9 Å². The van der Waals surface area contributed by atoms with Crippen LogP contribution in [-0.4, -0.2) is 20.1 Å². The number of benzene rings is 3. The molecule has 2 N–H and O–H groups in total. The van der Waals surface area contributed by atoms with Gasteiger partial charge in [-0.15, -0.1) is 0 Å². The van der Waals surface area contributed by atoms with Gasteiger partial charge in [-0.05, 0) is 19.1 Å². The average Bonchev–Trinajstić information content (AvgIpc) is 2.74. The molecule has 0 aliphatic heterocycles. The van der Waals surface area contributed by atoms with Crippen LogP contribution in [0.25, 0.3) is 0 Å². The largest absolute Gasteiger partial charge is 0.362 e. The maximum atomic E-state index is 13.1. The van der Waals surface area contributed by atoms with Gasteiger partial charge in [0.25, 0.3) is 0 Å². The highest BCUT2D eigenvalue weighted by Gasteiger charge is 2.30. The molecule has 3 aromatic rings. The first-order valence-electron chi connectivity index (χ1n) is 9.09. The van der Waals surface area contributed by atoms with Gasteiger partial charge in [0.1, 0.15) is 0 Å². The zero-order valence-electron chi connectivity index (χ0n) is 15.9. The van der Waals surface area contributed by atoms with Crippen LogP contribution in [-0.2, 0) is 10.2 Å². The highest BCUT2D eigenvalue weighted by molar-refractivity contribution is 7.99. The van der Waals surface area contributed by atoms with Crippen LogP contribution in [0.1, 0.15) is 6.92 Å². The highest BCUT2D eigenvalue weighted by Crippen LogP contribution is 2.47. The van der Waals surface area contributed by atoms with E-state index in [4.69, 9.17) is 12.2 Å². The molecule has 0 heterocycles. The fourth-order valence-electron chi connectivity index (χ4n) is 3.02. The fourth-order valence-corrected chi connectivity index (χ4v) is 9.07. The molecule has 0 aromatic heterocycles. The third-order valence-corrected chi connectivity index (χ3v) is 9.99. The predicted octanol–water partition coefficient (Wildman–Crippen LogP) is 2.89. The van der Waals surface area contributed by atoms with Crippen LogP contribution >= 0.6 is 19.3 Å². The molecule has 0 spiro atoms. The molecular weight excluding hydrogens is 421 g/mol. The van der Waals surface area contributed by atoms with Crippen LogP contribution < -0.4 is 26.0 Å². The lowest BCUT2D eigenvalue weighted by molar-refractivity contribution is 0.594. The normalized spacial score (nSPS) is 11.5. The smallest absolute Gasteiger partial charge is 0.343 e. The summed E-state index contributed by atoms with van der Waals surface area (Å²) in [5.41, 5.74) is 0. The lowest BCUT2D eigenvalue weighted by Crippen LogP contribution is -2.38. The maximum absolute atomic E-state index is 13.1. The topological polar surface area (TPSA) is 70.6 Å². The highest BCUT2D eigenvalue weighted by atomic mass is 32.2. The van der Waals surface area contributed by atoms with Gasteiger partial charge in [-0.1, -0.05) is 91.0 Å². The Morgan fingerprint density at radius 2 is 1.21 bits per heavy atom. The van der Waals surface area contributed by atoms with Gasteiger partial charge in [-0.3, -0.25) is 0 Å². The summed E-state index contributed by atoms with van der Waals surface area (Å²) in [5.74, 6) is 0. The lowest BCUT2D eigenvalue weighted by Gasteiger charge is -2.26. The summed E-state index contributed by atoms with van der Waals surface area (Å²) in [6, 6.07) is 28.7. The molecule has 3 rings (SSSR count). The summed E-state index contributed by atoms with van der Waals surface area (Å²) >= 11 is 5.09. The molecule has 150 valence electrons. The molecule has 0 saturated heterocycles. The van der Waals surface area contributed by atoms with Gasteiger partial charge in [-0.25, -0.2) is 4.72 Å². The Balaban J connectivity index is 2.36. The SMILES string of the molecule is CCNC(=S)NS(=O)(=O)N=P(c1ccccc1)(c1ccccc1)c1ccccc1. The van der Waals surface area contributed by atoms with E-state index in [-0.39, 0.29) is 5.11 Å². The number of nitrogens with one attached hydrogen (secondary N) is 2. The third-order valence-electron chi connectivity index (χ3n) is 4.18. The zero-order valence-corrected chi connectivity index (χ0v) is 18.4. The monoisotopic (exact) mass is 443 g/mol. The van der Waals surface area contributed by atoms with E-state index in [1.54, 1.807) is 0 Å². The van der Waals surface area contributed by atoms with Crippen molar-refractivity contribution in [2.45, 2.75) is 6.92 Å². The molecule has 0 fully saturated rings. The summed E-state index contributed by atoms with van der Waals surface area (Å²) in [4.78, 5) is 0. The Kier molecular flexibility index (Phi) is 6.85. The van der Waals surface area contributed by atoms with Crippen molar-refractivity contribution in [3.05, 3.63) is 91.0 Å². The molecule has 0 aliphatic rings. The van der Waals surface area contributed by atoms with Gasteiger partial charge in [-0.2, -0.15) is 12.6 Å². The van der Waals surface area contributed by atoms with E-state index < -0.39 is 17.3 Å². The quantitative estimate of drug-likeness (QED) is 0.454. The summed E-state index contributed by atoms with van der Waals surface area (Å²) in [6.45, 7) is 2.35. The van der Waals surface area contributed by atoms with Crippen molar-refractivity contribution in [2.75, 3.05) is 6.54 Å². The Morgan fingerprint density at radius 3 is 1.55 bits per heavy atom. The first-order valence-corrected chi connectivity index (χ1v) is 12.7. The molecular formula is C21H22N3O2PS2. The van der Waals surface area contributed by atoms with Crippen molar-refractivity contribution < 1.29 is 8.42 Å². The van der Waals surface area contributed by atoms with Crippen molar-refractivity contribution in [1.29, 1.82) is 0 Å². The molecule has 0 unspecified atom stereocenters. The van der Waals surface area contributed by atoms with E-state index in [1.807, 2.05) is 97.9 Å². The van der Waals surface area contributed by atoms with Crippen molar-refractivity contribution in [2.24, 2.45) is 4.15 Å². The lowest BCUT2D eigenvalue weighted by atomic mass is 10.4. The summed E-state index contributed by atoms with van der Waals surface area (Å²) in [6.07, 6.45) is 0. The number of hydrogen-bond donors (Lipinski definition) is 2. The number of thiocarbonyl (C=S) groups is 1. The first-order chi connectivity index (χ1) is 14.0. The first kappa shape index (κ1) is 21.2. The predicted molar refractivity (Wildman–Crippen MR) is 126 cm³/mol. The molecule has 3 aromatic carbocycles. The summed E-state index contributed by atoms with van der Waals surface area (Å²) in [7, 11) is -6.95. The minimum Gasteiger partial charge on any atom is -0.362 e. The average molecular weight is 444 g/mol. The van der Waals surface area contributed by atoms with Crippen LogP contribution in [0.4, 0.5) is 0 Å². The van der Waals surface area contributed by atoms with Gasteiger partial charge in [0.15, 0.2) is 5.11 Å². The second-order valence-corrected chi connectivity index (χ2v) is 11.2. The third kappa shape index (κ3) is 4.93. The van der Waals surface area contributed by atoms with E-state index >= 15 is 0 Å². The molecule has 0 aliphatic carbocycles. The number of hydrogen-bond acceptors (Lipinski definition) is 3. The van der Waals surface area contributed by atoms with Gasteiger partial charge in [0.2, 0.25) is 0 Å². The standard InChI is InChI=1S/C21H22N3O2PS2/c1-2-22-21(28)23-29(25,26)24-27(18-12-6-3-7-13-18,19-14-8-4-9-15-19)20-16-10-5-11-17-20/h3-17H,2H2,1H3,(H2,22,23,28). The van der Waals surface area contributed by atoms with E-state index in [9.17, 15) is 8.42 Å². The summed E-state index contributed by atoms with van der Waals surface area (Å²) < 4.78 is 33.0. The van der Waals surface area contributed by atoms with Gasteiger partial charge in [0.05, 0.1) is 7.05 Å². The maximum Gasteiger partial charge on any atom is 0.343 e. The molecule has 0 saturated carbocycles. The van der Waals surface area contributed by atoms with Gasteiger partial charge >= 0.3 is 10.2 Å². The fraction of sp³-hybridized carbons (Fsp3) is 0.0952. The van der Waals surface area contributed by atoms with Crippen molar-refractivity contribution >= 4 is 50.5 Å². The van der Waals surface area contributed by atoms with E-state index in [1.165, 1.54) is 0 Å². The second kappa shape index (κ2) is 9.35. The van der Waals surface area contributed by atoms with Crippen molar-refractivity contribution in [1.82, 2.24) is 10.0 Å². The Hall–Kier alpha value is -2.47. The second-order valence-electron chi connectivity index (χ2n) is 6.16. The van der Waals surface area contributed by atoms with E-state index in [2.05, 4.69) is 14.2 Å². The minimum absolute atomic E-state index is 0.0311. The Morgan fingerprint density at radius 1 is 0.828 bits per heavy atom. The van der Waals surface area contributed by atoms with Crippen LogP contribution in [0.5, 0.6) is 0 Å². The molecule has 0 radical (unpaired) electrons. The molecule has 29 heavy (non-hydrogen) atoms. The molecule has 8 heteroatoms. The zero-order chi connectivity index (χ0) is 20.7. The van der Waals surface area contributed by atoms with Crippen molar-refractivity contribution in [3.8, 4) is 0 Å². The minimum atomic E-state index is -4.08.